The molecule has 1 saturated carbocycles. The predicted octanol–water partition coefficient (Wildman–Crippen LogP) is 3.61. The lowest BCUT2D eigenvalue weighted by atomic mass is 10.2. The number of rotatable bonds is 7. The van der Waals surface area contributed by atoms with E-state index in [-0.39, 0.29) is 0 Å². The van der Waals surface area contributed by atoms with Crippen molar-refractivity contribution >= 4 is 15.9 Å². The molecule has 1 fully saturated rings. The highest BCUT2D eigenvalue weighted by atomic mass is 79.9. The third-order valence-electron chi connectivity index (χ3n) is 3.56. The van der Waals surface area contributed by atoms with E-state index >= 15 is 0 Å². The third kappa shape index (κ3) is 4.42. The monoisotopic (exact) mass is 341 g/mol. The highest BCUT2D eigenvalue weighted by Crippen LogP contribution is 2.39. The van der Waals surface area contributed by atoms with Gasteiger partial charge in [-0.25, -0.2) is 4.98 Å². The lowest BCUT2D eigenvalue weighted by molar-refractivity contribution is 0.140. The lowest BCUT2D eigenvalue weighted by Gasteiger charge is -2.30. The fraction of sp³-hybridized carbons (Fsp3) is 0.733. The van der Waals surface area contributed by atoms with Gasteiger partial charge in [0, 0.05) is 30.6 Å². The maximum Gasteiger partial charge on any atom is 0.217 e. The molecule has 0 bridgehead atoms. The van der Waals surface area contributed by atoms with Crippen molar-refractivity contribution < 1.29 is 4.74 Å². The van der Waals surface area contributed by atoms with Crippen LogP contribution in [0.1, 0.15) is 52.3 Å². The molecule has 0 aromatic carbocycles. The molecule has 0 radical (unpaired) electrons. The SMILES string of the molecule is CC(C)N(CCOc1cc(Br)nc(C2CC2)n1)C(C)C. The molecule has 0 atom stereocenters. The summed E-state index contributed by atoms with van der Waals surface area (Å²) in [7, 11) is 0. The van der Waals surface area contributed by atoms with Crippen LogP contribution in [0.5, 0.6) is 5.88 Å². The average Bonchev–Trinajstić information content (AvgIpc) is 3.17. The Hall–Kier alpha value is -0.680. The number of ether oxygens (including phenoxy) is 1. The van der Waals surface area contributed by atoms with E-state index in [0.717, 1.165) is 17.0 Å². The van der Waals surface area contributed by atoms with Gasteiger partial charge in [-0.15, -0.1) is 0 Å². The van der Waals surface area contributed by atoms with Crippen molar-refractivity contribution in [3.05, 3.63) is 16.5 Å². The molecular formula is C15H24BrN3O. The van der Waals surface area contributed by atoms with Crippen molar-refractivity contribution in [1.29, 1.82) is 0 Å². The molecule has 1 aromatic heterocycles. The van der Waals surface area contributed by atoms with Crippen molar-refractivity contribution in [2.45, 2.75) is 58.5 Å². The van der Waals surface area contributed by atoms with E-state index in [1.807, 2.05) is 6.07 Å². The molecule has 0 saturated heterocycles. The van der Waals surface area contributed by atoms with Gasteiger partial charge in [0.1, 0.15) is 17.0 Å². The first-order valence-corrected chi connectivity index (χ1v) is 8.19. The summed E-state index contributed by atoms with van der Waals surface area (Å²) in [6.07, 6.45) is 2.40. The van der Waals surface area contributed by atoms with Gasteiger partial charge in [0.2, 0.25) is 5.88 Å². The van der Waals surface area contributed by atoms with E-state index in [1.54, 1.807) is 0 Å². The second-order valence-electron chi connectivity index (χ2n) is 5.94. The van der Waals surface area contributed by atoms with E-state index in [0.29, 0.717) is 30.5 Å². The average molecular weight is 342 g/mol. The summed E-state index contributed by atoms with van der Waals surface area (Å²) in [5.41, 5.74) is 0. The highest BCUT2D eigenvalue weighted by Gasteiger charge is 2.27. The van der Waals surface area contributed by atoms with E-state index in [4.69, 9.17) is 4.74 Å². The summed E-state index contributed by atoms with van der Waals surface area (Å²) in [6, 6.07) is 2.90. The Kier molecular flexibility index (Phi) is 5.38. The Labute approximate surface area is 130 Å². The molecule has 0 N–H and O–H groups in total. The zero-order valence-corrected chi connectivity index (χ0v) is 14.4. The molecule has 112 valence electrons. The van der Waals surface area contributed by atoms with Crippen molar-refractivity contribution in [3.8, 4) is 5.88 Å². The summed E-state index contributed by atoms with van der Waals surface area (Å²) in [6.45, 7) is 10.4. The Morgan fingerprint density at radius 1 is 1.25 bits per heavy atom. The molecule has 1 aromatic rings. The van der Waals surface area contributed by atoms with Crippen LogP contribution >= 0.6 is 15.9 Å². The standard InChI is InChI=1S/C15H24BrN3O/c1-10(2)19(11(3)4)7-8-20-14-9-13(16)17-15(18-14)12-5-6-12/h9-12H,5-8H2,1-4H3. The molecule has 20 heavy (non-hydrogen) atoms. The molecule has 5 heteroatoms. The number of hydrogen-bond donors (Lipinski definition) is 0. The smallest absolute Gasteiger partial charge is 0.217 e. The summed E-state index contributed by atoms with van der Waals surface area (Å²) in [5, 5.41) is 0. The fourth-order valence-corrected chi connectivity index (χ4v) is 2.76. The second-order valence-corrected chi connectivity index (χ2v) is 6.75. The lowest BCUT2D eigenvalue weighted by Crippen LogP contribution is -2.39. The van der Waals surface area contributed by atoms with Crippen LogP contribution in [0.15, 0.2) is 10.7 Å². The zero-order valence-electron chi connectivity index (χ0n) is 12.8. The molecule has 0 spiro atoms. The zero-order chi connectivity index (χ0) is 14.7. The van der Waals surface area contributed by atoms with Crippen LogP contribution in [0.3, 0.4) is 0 Å². The first kappa shape index (κ1) is 15.7. The first-order valence-electron chi connectivity index (χ1n) is 7.40. The number of halogens is 1. The van der Waals surface area contributed by atoms with Gasteiger partial charge in [-0.05, 0) is 56.5 Å². The van der Waals surface area contributed by atoms with Crippen LogP contribution in [0.25, 0.3) is 0 Å². The minimum Gasteiger partial charge on any atom is -0.476 e. The van der Waals surface area contributed by atoms with E-state index in [2.05, 4.69) is 58.5 Å². The second kappa shape index (κ2) is 6.85. The third-order valence-corrected chi connectivity index (χ3v) is 3.96. The van der Waals surface area contributed by atoms with Crippen LogP contribution in [0.4, 0.5) is 0 Å². The van der Waals surface area contributed by atoms with E-state index in [9.17, 15) is 0 Å². The molecule has 1 heterocycles. The summed E-state index contributed by atoms with van der Waals surface area (Å²) in [4.78, 5) is 11.3. The van der Waals surface area contributed by atoms with Crippen LogP contribution in [0.2, 0.25) is 0 Å². The highest BCUT2D eigenvalue weighted by molar-refractivity contribution is 9.10. The van der Waals surface area contributed by atoms with Gasteiger partial charge in [0.05, 0.1) is 0 Å². The van der Waals surface area contributed by atoms with E-state index in [1.165, 1.54) is 12.8 Å². The minimum absolute atomic E-state index is 0.526. The van der Waals surface area contributed by atoms with Crippen molar-refractivity contribution in [3.63, 3.8) is 0 Å². The molecular weight excluding hydrogens is 318 g/mol. The van der Waals surface area contributed by atoms with Gasteiger partial charge in [-0.3, -0.25) is 4.90 Å². The Bertz CT molecular complexity index is 439. The summed E-state index contributed by atoms with van der Waals surface area (Å²) >= 11 is 3.43. The summed E-state index contributed by atoms with van der Waals surface area (Å²) < 4.78 is 6.63. The van der Waals surface area contributed by atoms with Gasteiger partial charge in [0.15, 0.2) is 0 Å². The van der Waals surface area contributed by atoms with Crippen molar-refractivity contribution in [1.82, 2.24) is 14.9 Å². The van der Waals surface area contributed by atoms with Crippen LogP contribution in [-0.2, 0) is 0 Å². The van der Waals surface area contributed by atoms with Gasteiger partial charge in [-0.1, -0.05) is 0 Å². The Morgan fingerprint density at radius 3 is 2.45 bits per heavy atom. The van der Waals surface area contributed by atoms with Crippen molar-refractivity contribution in [2.24, 2.45) is 0 Å². The fourth-order valence-electron chi connectivity index (χ4n) is 2.38. The molecule has 0 amide bonds. The summed E-state index contributed by atoms with van der Waals surface area (Å²) in [5.74, 6) is 2.14. The van der Waals surface area contributed by atoms with Gasteiger partial charge in [0.25, 0.3) is 0 Å². The molecule has 0 aliphatic heterocycles. The maximum atomic E-state index is 5.81. The molecule has 0 unspecified atom stereocenters. The Balaban J connectivity index is 1.90. The number of hydrogen-bond acceptors (Lipinski definition) is 4. The molecule has 1 aliphatic rings. The van der Waals surface area contributed by atoms with Gasteiger partial charge in [-0.2, -0.15) is 4.98 Å². The molecule has 2 rings (SSSR count). The number of nitrogens with zero attached hydrogens (tertiary/aromatic N) is 3. The predicted molar refractivity (Wildman–Crippen MR) is 84.2 cm³/mol. The number of aromatic nitrogens is 2. The quantitative estimate of drug-likeness (QED) is 0.710. The first-order chi connectivity index (χ1) is 9.47. The van der Waals surface area contributed by atoms with Crippen LogP contribution in [0, 0.1) is 0 Å². The maximum absolute atomic E-state index is 5.81. The largest absolute Gasteiger partial charge is 0.476 e. The normalized spacial score (nSPS) is 15.4. The van der Waals surface area contributed by atoms with Crippen LogP contribution < -0.4 is 4.74 Å². The van der Waals surface area contributed by atoms with E-state index < -0.39 is 0 Å². The van der Waals surface area contributed by atoms with Gasteiger partial charge < -0.3 is 4.74 Å². The molecule has 1 aliphatic carbocycles. The Morgan fingerprint density at radius 2 is 1.90 bits per heavy atom. The van der Waals surface area contributed by atoms with Crippen molar-refractivity contribution in [2.75, 3.05) is 13.2 Å². The minimum atomic E-state index is 0.526. The van der Waals surface area contributed by atoms with Crippen LogP contribution in [-0.4, -0.2) is 40.1 Å². The molecule has 4 nitrogen and oxygen atoms in total. The topological polar surface area (TPSA) is 38.2 Å². The van der Waals surface area contributed by atoms with Gasteiger partial charge >= 0.3 is 0 Å².